The molecule has 1 unspecified atom stereocenters. The first kappa shape index (κ1) is 14.1. The normalized spacial score (nSPS) is 12.8. The van der Waals surface area contributed by atoms with Gasteiger partial charge in [0.1, 0.15) is 5.75 Å². The number of hydrogen-bond donors (Lipinski definition) is 1. The fraction of sp³-hybridized carbons (Fsp3) is 0.200. The van der Waals surface area contributed by atoms with Gasteiger partial charge in [-0.15, -0.1) is 22.7 Å². The van der Waals surface area contributed by atoms with E-state index in [9.17, 15) is 0 Å². The van der Waals surface area contributed by atoms with E-state index in [1.165, 1.54) is 19.8 Å². The Morgan fingerprint density at radius 2 is 2.05 bits per heavy atom. The van der Waals surface area contributed by atoms with Gasteiger partial charge in [-0.3, -0.25) is 0 Å². The van der Waals surface area contributed by atoms with Crippen molar-refractivity contribution in [1.82, 2.24) is 5.32 Å². The standard InChI is InChI=1S/C15H14BrNOS2/c1-17-15(10-4-3-9(18-2)7-11(10)16)14-8-13-12(20-14)5-6-19-13/h3-8,15,17H,1-2H3. The van der Waals surface area contributed by atoms with Crippen molar-refractivity contribution in [2.75, 3.05) is 14.2 Å². The topological polar surface area (TPSA) is 21.3 Å². The van der Waals surface area contributed by atoms with E-state index in [4.69, 9.17) is 4.74 Å². The molecule has 2 nitrogen and oxygen atoms in total. The SMILES string of the molecule is CNC(c1cc2sccc2s1)c1ccc(OC)cc1Br. The van der Waals surface area contributed by atoms with E-state index in [0.29, 0.717) is 0 Å². The number of hydrogen-bond acceptors (Lipinski definition) is 4. The first-order chi connectivity index (χ1) is 9.72. The van der Waals surface area contributed by atoms with Crippen LogP contribution in [0.25, 0.3) is 9.40 Å². The molecular formula is C15H14BrNOS2. The molecule has 0 amide bonds. The number of methoxy groups -OCH3 is 1. The average molecular weight is 368 g/mol. The van der Waals surface area contributed by atoms with Crippen LogP contribution in [0.4, 0.5) is 0 Å². The Morgan fingerprint density at radius 3 is 2.70 bits per heavy atom. The quantitative estimate of drug-likeness (QED) is 0.696. The summed E-state index contributed by atoms with van der Waals surface area (Å²) in [4.78, 5) is 1.33. The van der Waals surface area contributed by atoms with Crippen molar-refractivity contribution in [3.63, 3.8) is 0 Å². The van der Waals surface area contributed by atoms with Crippen LogP contribution < -0.4 is 10.1 Å². The maximum Gasteiger partial charge on any atom is 0.120 e. The minimum atomic E-state index is 0.194. The summed E-state index contributed by atoms with van der Waals surface area (Å²) in [6, 6.07) is 10.8. The van der Waals surface area contributed by atoms with Gasteiger partial charge in [0.05, 0.1) is 13.2 Å². The lowest BCUT2D eigenvalue weighted by atomic mass is 10.1. The zero-order valence-corrected chi connectivity index (χ0v) is 14.4. The van der Waals surface area contributed by atoms with Crippen molar-refractivity contribution in [2.45, 2.75) is 6.04 Å². The predicted molar refractivity (Wildman–Crippen MR) is 91.3 cm³/mol. The molecule has 0 aliphatic rings. The smallest absolute Gasteiger partial charge is 0.120 e. The summed E-state index contributed by atoms with van der Waals surface area (Å²) in [5.41, 5.74) is 1.22. The first-order valence-electron chi connectivity index (χ1n) is 6.20. The summed E-state index contributed by atoms with van der Waals surface area (Å²) in [6.45, 7) is 0. The number of rotatable bonds is 4. The molecule has 0 saturated heterocycles. The Labute approximate surface area is 134 Å². The van der Waals surface area contributed by atoms with Gasteiger partial charge in [-0.2, -0.15) is 0 Å². The molecule has 1 N–H and O–H groups in total. The van der Waals surface area contributed by atoms with Gasteiger partial charge >= 0.3 is 0 Å². The highest BCUT2D eigenvalue weighted by Gasteiger charge is 2.18. The minimum Gasteiger partial charge on any atom is -0.497 e. The lowest BCUT2D eigenvalue weighted by Gasteiger charge is -2.17. The Balaban J connectivity index is 2.03. The van der Waals surface area contributed by atoms with Crippen LogP contribution in [0.1, 0.15) is 16.5 Å². The molecule has 104 valence electrons. The first-order valence-corrected chi connectivity index (χ1v) is 8.69. The Kier molecular flexibility index (Phi) is 4.12. The van der Waals surface area contributed by atoms with Crippen molar-refractivity contribution >= 4 is 48.0 Å². The summed E-state index contributed by atoms with van der Waals surface area (Å²) in [5, 5.41) is 5.55. The third kappa shape index (κ3) is 2.51. The second kappa shape index (κ2) is 5.85. The molecule has 1 aromatic carbocycles. The monoisotopic (exact) mass is 367 g/mol. The highest BCUT2D eigenvalue weighted by Crippen LogP contribution is 2.38. The van der Waals surface area contributed by atoms with E-state index in [2.05, 4.69) is 44.8 Å². The van der Waals surface area contributed by atoms with E-state index in [1.54, 1.807) is 18.4 Å². The second-order valence-corrected chi connectivity index (χ2v) is 7.32. The molecule has 0 aliphatic heterocycles. The molecule has 0 spiro atoms. The molecule has 0 bridgehead atoms. The molecule has 20 heavy (non-hydrogen) atoms. The van der Waals surface area contributed by atoms with E-state index < -0.39 is 0 Å². The number of thiophene rings is 2. The maximum absolute atomic E-state index is 5.26. The molecule has 2 heterocycles. The molecule has 3 aromatic rings. The van der Waals surface area contributed by atoms with Gasteiger partial charge in [0.2, 0.25) is 0 Å². The molecule has 0 radical (unpaired) electrons. The zero-order valence-electron chi connectivity index (χ0n) is 11.1. The summed E-state index contributed by atoms with van der Waals surface area (Å²) in [7, 11) is 3.68. The Bertz CT molecular complexity index is 706. The van der Waals surface area contributed by atoms with Crippen LogP contribution in [-0.2, 0) is 0 Å². The molecule has 0 saturated carbocycles. The van der Waals surface area contributed by atoms with Crippen LogP contribution in [0.2, 0.25) is 0 Å². The molecule has 0 aliphatic carbocycles. The number of fused-ring (bicyclic) bond motifs is 1. The second-order valence-electron chi connectivity index (χ2n) is 4.41. The summed E-state index contributed by atoms with van der Waals surface area (Å²) < 4.78 is 9.03. The van der Waals surface area contributed by atoms with Crippen LogP contribution in [0.3, 0.4) is 0 Å². The predicted octanol–water partition coefficient (Wildman–Crippen LogP) is 5.04. The van der Waals surface area contributed by atoms with Crippen LogP contribution in [0, 0.1) is 0 Å². The van der Waals surface area contributed by atoms with Crippen molar-refractivity contribution in [1.29, 1.82) is 0 Å². The van der Waals surface area contributed by atoms with Gasteiger partial charge in [-0.05, 0) is 42.3 Å². The van der Waals surface area contributed by atoms with Gasteiger partial charge in [0, 0.05) is 18.7 Å². The van der Waals surface area contributed by atoms with Gasteiger partial charge in [-0.1, -0.05) is 22.0 Å². The Hall–Kier alpha value is -0.880. The third-order valence-corrected chi connectivity index (χ3v) is 6.10. The van der Waals surface area contributed by atoms with E-state index in [1.807, 2.05) is 30.5 Å². The molecule has 1 atom stereocenters. The summed E-state index contributed by atoms with van der Waals surface area (Å²) >= 11 is 7.29. The van der Waals surface area contributed by atoms with Gasteiger partial charge in [0.25, 0.3) is 0 Å². The summed E-state index contributed by atoms with van der Waals surface area (Å²) in [5.74, 6) is 0.864. The van der Waals surface area contributed by atoms with Crippen LogP contribution in [0.5, 0.6) is 5.75 Å². The van der Waals surface area contributed by atoms with Crippen molar-refractivity contribution in [3.8, 4) is 5.75 Å². The van der Waals surface area contributed by atoms with Crippen LogP contribution >= 0.6 is 38.6 Å². The van der Waals surface area contributed by atoms with E-state index in [0.717, 1.165) is 10.2 Å². The molecule has 2 aromatic heterocycles. The number of benzene rings is 1. The largest absolute Gasteiger partial charge is 0.497 e. The lowest BCUT2D eigenvalue weighted by molar-refractivity contribution is 0.414. The molecule has 5 heteroatoms. The number of nitrogens with one attached hydrogen (secondary N) is 1. The zero-order chi connectivity index (χ0) is 14.1. The van der Waals surface area contributed by atoms with Crippen LogP contribution in [-0.4, -0.2) is 14.2 Å². The maximum atomic E-state index is 5.26. The van der Waals surface area contributed by atoms with E-state index in [-0.39, 0.29) is 6.04 Å². The van der Waals surface area contributed by atoms with Gasteiger partial charge in [-0.25, -0.2) is 0 Å². The molecular weight excluding hydrogens is 354 g/mol. The fourth-order valence-corrected chi connectivity index (χ4v) is 5.08. The lowest BCUT2D eigenvalue weighted by Crippen LogP contribution is -2.16. The van der Waals surface area contributed by atoms with Crippen molar-refractivity contribution in [2.24, 2.45) is 0 Å². The molecule has 3 rings (SSSR count). The van der Waals surface area contributed by atoms with Crippen molar-refractivity contribution in [3.05, 3.63) is 50.6 Å². The summed E-state index contributed by atoms with van der Waals surface area (Å²) in [6.07, 6.45) is 0. The number of halogens is 1. The fourth-order valence-electron chi connectivity index (χ4n) is 2.25. The average Bonchev–Trinajstić information content (AvgIpc) is 3.02. The van der Waals surface area contributed by atoms with E-state index >= 15 is 0 Å². The third-order valence-electron chi connectivity index (χ3n) is 3.25. The molecule has 0 fully saturated rings. The Morgan fingerprint density at radius 1 is 1.20 bits per heavy atom. The van der Waals surface area contributed by atoms with Gasteiger partial charge < -0.3 is 10.1 Å². The minimum absolute atomic E-state index is 0.194. The van der Waals surface area contributed by atoms with Crippen molar-refractivity contribution < 1.29 is 4.74 Å². The number of ether oxygens (including phenoxy) is 1. The van der Waals surface area contributed by atoms with Crippen LogP contribution in [0.15, 0.2) is 40.2 Å². The highest BCUT2D eigenvalue weighted by atomic mass is 79.9. The highest BCUT2D eigenvalue weighted by molar-refractivity contribution is 9.10. The van der Waals surface area contributed by atoms with Gasteiger partial charge in [0.15, 0.2) is 0 Å².